The Labute approximate surface area is 165 Å². The SMILES string of the molecule is Cc1ncc(C(CNC(=O)c2c(F)cccc2Cl)N2CCCC(F)(F)C2)cn1. The first-order chi connectivity index (χ1) is 13.3. The topological polar surface area (TPSA) is 58.1 Å². The maximum absolute atomic E-state index is 14.0. The molecule has 0 bridgehead atoms. The van der Waals surface area contributed by atoms with Gasteiger partial charge in [0.2, 0.25) is 0 Å². The van der Waals surface area contributed by atoms with Gasteiger partial charge >= 0.3 is 0 Å². The molecule has 1 aliphatic rings. The highest BCUT2D eigenvalue weighted by atomic mass is 35.5. The highest BCUT2D eigenvalue weighted by molar-refractivity contribution is 6.33. The average Bonchev–Trinajstić information content (AvgIpc) is 2.62. The van der Waals surface area contributed by atoms with E-state index in [0.29, 0.717) is 24.4 Å². The van der Waals surface area contributed by atoms with E-state index < -0.39 is 30.2 Å². The summed E-state index contributed by atoms with van der Waals surface area (Å²) < 4.78 is 41.8. The zero-order chi connectivity index (χ0) is 20.3. The molecular weight excluding hydrogens is 393 g/mol. The van der Waals surface area contributed by atoms with Crippen LogP contribution in [0.1, 0.15) is 40.6 Å². The zero-order valence-electron chi connectivity index (χ0n) is 15.3. The van der Waals surface area contributed by atoms with Crippen molar-refractivity contribution in [3.63, 3.8) is 0 Å². The van der Waals surface area contributed by atoms with Crippen molar-refractivity contribution >= 4 is 17.5 Å². The Morgan fingerprint density at radius 3 is 2.71 bits per heavy atom. The van der Waals surface area contributed by atoms with E-state index >= 15 is 0 Å². The van der Waals surface area contributed by atoms with Gasteiger partial charge in [0.05, 0.1) is 23.2 Å². The number of hydrogen-bond acceptors (Lipinski definition) is 4. The number of benzene rings is 1. The number of carbonyl (C=O) groups is 1. The van der Waals surface area contributed by atoms with Crippen LogP contribution in [0.25, 0.3) is 0 Å². The van der Waals surface area contributed by atoms with Crippen LogP contribution in [-0.4, -0.2) is 46.3 Å². The fraction of sp³-hybridized carbons (Fsp3) is 0.421. The van der Waals surface area contributed by atoms with E-state index in [4.69, 9.17) is 11.6 Å². The van der Waals surface area contributed by atoms with Gasteiger partial charge in [-0.15, -0.1) is 0 Å². The van der Waals surface area contributed by atoms with Gasteiger partial charge in [-0.3, -0.25) is 9.69 Å². The van der Waals surface area contributed by atoms with Crippen molar-refractivity contribution in [2.24, 2.45) is 0 Å². The molecule has 3 rings (SSSR count). The molecule has 28 heavy (non-hydrogen) atoms. The monoisotopic (exact) mass is 412 g/mol. The van der Waals surface area contributed by atoms with Crippen molar-refractivity contribution < 1.29 is 18.0 Å². The Kier molecular flexibility index (Phi) is 6.20. The van der Waals surface area contributed by atoms with Gasteiger partial charge in [0, 0.05) is 30.9 Å². The fourth-order valence-electron chi connectivity index (χ4n) is 3.29. The molecule has 0 radical (unpaired) electrons. The number of nitrogens with one attached hydrogen (secondary N) is 1. The number of aryl methyl sites for hydroxylation is 1. The molecule has 5 nitrogen and oxygen atoms in total. The van der Waals surface area contributed by atoms with Crippen LogP contribution in [0.15, 0.2) is 30.6 Å². The van der Waals surface area contributed by atoms with Gasteiger partial charge in [0.25, 0.3) is 11.8 Å². The summed E-state index contributed by atoms with van der Waals surface area (Å²) in [6.07, 6.45) is 3.28. The number of hydrogen-bond donors (Lipinski definition) is 1. The molecule has 1 fully saturated rings. The maximum Gasteiger partial charge on any atom is 0.260 e. The molecule has 1 atom stereocenters. The van der Waals surface area contributed by atoms with E-state index in [1.165, 1.54) is 12.1 Å². The Hall–Kier alpha value is -2.19. The number of alkyl halides is 2. The molecule has 1 amide bonds. The summed E-state index contributed by atoms with van der Waals surface area (Å²) in [5, 5.41) is 2.60. The minimum atomic E-state index is -2.80. The average molecular weight is 413 g/mol. The maximum atomic E-state index is 14.0. The number of halogens is 4. The largest absolute Gasteiger partial charge is 0.350 e. The van der Waals surface area contributed by atoms with Crippen molar-refractivity contribution in [3.05, 3.63) is 58.4 Å². The minimum Gasteiger partial charge on any atom is -0.350 e. The van der Waals surface area contributed by atoms with E-state index in [2.05, 4.69) is 15.3 Å². The van der Waals surface area contributed by atoms with E-state index in [1.807, 2.05) is 0 Å². The molecule has 1 aliphatic heterocycles. The summed E-state index contributed by atoms with van der Waals surface area (Å²) in [6, 6.07) is 3.38. The third kappa shape index (κ3) is 4.80. The number of carbonyl (C=O) groups excluding carboxylic acids is 1. The van der Waals surface area contributed by atoms with Gasteiger partial charge in [-0.05, 0) is 32.0 Å². The van der Waals surface area contributed by atoms with Crippen LogP contribution in [0, 0.1) is 12.7 Å². The molecule has 1 aromatic carbocycles. The standard InChI is InChI=1S/C19H20ClF3N4O/c1-12-24-8-13(9-25-12)16(27-7-3-6-19(22,23)11-27)10-26-18(28)17-14(20)4-2-5-15(17)21/h2,4-5,8-9,16H,3,6-7,10-11H2,1H3,(H,26,28). The molecule has 0 spiro atoms. The lowest BCUT2D eigenvalue weighted by Crippen LogP contribution is -2.47. The van der Waals surface area contributed by atoms with E-state index in [0.717, 1.165) is 6.07 Å². The van der Waals surface area contributed by atoms with Crippen LogP contribution in [0.5, 0.6) is 0 Å². The normalized spacial score (nSPS) is 17.9. The molecule has 150 valence electrons. The summed E-state index contributed by atoms with van der Waals surface area (Å²) in [5.41, 5.74) is 0.329. The molecular formula is C19H20ClF3N4O. The fourth-order valence-corrected chi connectivity index (χ4v) is 3.54. The number of rotatable bonds is 5. The molecule has 0 saturated carbocycles. The minimum absolute atomic E-state index is 0.00794. The lowest BCUT2D eigenvalue weighted by molar-refractivity contribution is -0.0751. The first kappa shape index (κ1) is 20.5. The third-order valence-electron chi connectivity index (χ3n) is 4.69. The van der Waals surface area contributed by atoms with Crippen LogP contribution in [0.4, 0.5) is 13.2 Å². The molecule has 0 aliphatic carbocycles. The second-order valence-corrected chi connectivity index (χ2v) is 7.22. The molecule has 1 saturated heterocycles. The highest BCUT2D eigenvalue weighted by Crippen LogP contribution is 2.32. The molecule has 1 aromatic heterocycles. The molecule has 1 unspecified atom stereocenters. The van der Waals surface area contributed by atoms with Crippen molar-refractivity contribution in [1.29, 1.82) is 0 Å². The molecule has 9 heteroatoms. The Morgan fingerprint density at radius 2 is 2.07 bits per heavy atom. The smallest absolute Gasteiger partial charge is 0.260 e. The Balaban J connectivity index is 1.81. The van der Waals surface area contributed by atoms with Crippen molar-refractivity contribution in [1.82, 2.24) is 20.2 Å². The van der Waals surface area contributed by atoms with Gasteiger partial charge in [-0.1, -0.05) is 17.7 Å². The zero-order valence-corrected chi connectivity index (χ0v) is 16.0. The Bertz CT molecular complexity index is 827. The van der Waals surface area contributed by atoms with Crippen LogP contribution < -0.4 is 5.32 Å². The Morgan fingerprint density at radius 1 is 1.36 bits per heavy atom. The van der Waals surface area contributed by atoms with E-state index in [9.17, 15) is 18.0 Å². The van der Waals surface area contributed by atoms with Gasteiger partial charge in [0.1, 0.15) is 11.6 Å². The first-order valence-electron chi connectivity index (χ1n) is 8.89. The van der Waals surface area contributed by atoms with Crippen molar-refractivity contribution in [3.8, 4) is 0 Å². The predicted octanol–water partition coefficient (Wildman–Crippen LogP) is 3.78. The van der Waals surface area contributed by atoms with Crippen molar-refractivity contribution in [2.75, 3.05) is 19.6 Å². The van der Waals surface area contributed by atoms with E-state index in [1.54, 1.807) is 24.2 Å². The molecule has 2 aromatic rings. The summed E-state index contributed by atoms with van der Waals surface area (Å²) in [5.74, 6) is -3.70. The van der Waals surface area contributed by atoms with Gasteiger partial charge < -0.3 is 5.32 Å². The second-order valence-electron chi connectivity index (χ2n) is 6.82. The van der Waals surface area contributed by atoms with Crippen LogP contribution >= 0.6 is 11.6 Å². The second kappa shape index (κ2) is 8.45. The number of aromatic nitrogens is 2. The first-order valence-corrected chi connectivity index (χ1v) is 9.27. The number of amides is 1. The lowest BCUT2D eigenvalue weighted by Gasteiger charge is -2.38. The summed E-state index contributed by atoms with van der Waals surface area (Å²) >= 11 is 5.93. The molecule has 2 heterocycles. The van der Waals surface area contributed by atoms with Crippen LogP contribution in [0.2, 0.25) is 5.02 Å². The predicted molar refractivity (Wildman–Crippen MR) is 99.0 cm³/mol. The molecule has 1 N–H and O–H groups in total. The van der Waals surface area contributed by atoms with Crippen molar-refractivity contribution in [2.45, 2.75) is 31.7 Å². The van der Waals surface area contributed by atoms with E-state index in [-0.39, 0.29) is 23.6 Å². The quantitative estimate of drug-likeness (QED) is 0.812. The number of piperidine rings is 1. The van der Waals surface area contributed by atoms with Gasteiger partial charge in [-0.25, -0.2) is 23.1 Å². The summed E-state index contributed by atoms with van der Waals surface area (Å²) in [7, 11) is 0. The highest BCUT2D eigenvalue weighted by Gasteiger charge is 2.38. The van der Waals surface area contributed by atoms with Gasteiger partial charge in [-0.2, -0.15) is 0 Å². The number of nitrogens with zero attached hydrogens (tertiary/aromatic N) is 3. The van der Waals surface area contributed by atoms with Crippen LogP contribution in [0.3, 0.4) is 0 Å². The lowest BCUT2D eigenvalue weighted by atomic mass is 10.0. The summed E-state index contributed by atoms with van der Waals surface area (Å²) in [6.45, 7) is 1.73. The summed E-state index contributed by atoms with van der Waals surface area (Å²) in [4.78, 5) is 22.3. The third-order valence-corrected chi connectivity index (χ3v) is 5.01. The van der Waals surface area contributed by atoms with Gasteiger partial charge in [0.15, 0.2) is 0 Å². The van der Waals surface area contributed by atoms with Crippen LogP contribution in [-0.2, 0) is 0 Å². The number of likely N-dealkylation sites (tertiary alicyclic amines) is 1.